The molecule has 2 aliphatic rings. The van der Waals surface area contributed by atoms with Gasteiger partial charge in [0.15, 0.2) is 0 Å². The predicted octanol–water partition coefficient (Wildman–Crippen LogP) is 0.576. The van der Waals surface area contributed by atoms with Gasteiger partial charge in [0.25, 0.3) is 0 Å². The van der Waals surface area contributed by atoms with Crippen LogP contribution in [0.1, 0.15) is 30.3 Å². The van der Waals surface area contributed by atoms with Gasteiger partial charge in [-0.15, -0.1) is 0 Å². The zero-order valence-electron chi connectivity index (χ0n) is 9.89. The van der Waals surface area contributed by atoms with E-state index in [1.54, 1.807) is 0 Å². The fraction of sp³-hybridized carbons (Fsp3) is 0.750. The van der Waals surface area contributed by atoms with E-state index < -0.39 is 0 Å². The van der Waals surface area contributed by atoms with Crippen molar-refractivity contribution in [2.75, 3.05) is 20.1 Å². The zero-order chi connectivity index (χ0) is 11.1. The zero-order valence-corrected chi connectivity index (χ0v) is 9.89. The van der Waals surface area contributed by atoms with E-state index in [2.05, 4.69) is 22.7 Å². The summed E-state index contributed by atoms with van der Waals surface area (Å²) in [5.74, 6) is 1.84. The number of hydrogen-bond acceptors (Lipinski definition) is 3. The largest absolute Gasteiger partial charge is 0.335 e. The van der Waals surface area contributed by atoms with Crippen LogP contribution in [0.15, 0.2) is 6.20 Å². The van der Waals surface area contributed by atoms with E-state index in [1.165, 1.54) is 24.5 Å². The topological polar surface area (TPSA) is 47.1 Å². The molecule has 3 rings (SSSR count). The van der Waals surface area contributed by atoms with E-state index in [1.807, 2.05) is 0 Å². The third kappa shape index (κ3) is 1.76. The van der Waals surface area contributed by atoms with Crippen molar-refractivity contribution >= 4 is 0 Å². The molecule has 16 heavy (non-hydrogen) atoms. The van der Waals surface area contributed by atoms with E-state index in [0.717, 1.165) is 25.9 Å². The Morgan fingerprint density at radius 2 is 2.25 bits per heavy atom. The Morgan fingerprint density at radius 1 is 1.38 bits per heavy atom. The molecule has 0 saturated carbocycles. The first-order valence-corrected chi connectivity index (χ1v) is 6.22. The van der Waals surface area contributed by atoms with E-state index in [4.69, 9.17) is 10.7 Å². The van der Waals surface area contributed by atoms with Crippen molar-refractivity contribution in [3.05, 3.63) is 17.7 Å². The van der Waals surface area contributed by atoms with Gasteiger partial charge in [0, 0.05) is 37.7 Å². The summed E-state index contributed by atoms with van der Waals surface area (Å²) in [6.45, 7) is 3.40. The molecule has 0 bridgehead atoms. The summed E-state index contributed by atoms with van der Waals surface area (Å²) in [5.41, 5.74) is 7.26. The van der Waals surface area contributed by atoms with Crippen LogP contribution in [-0.2, 0) is 13.0 Å². The lowest BCUT2D eigenvalue weighted by Crippen LogP contribution is -2.30. The number of likely N-dealkylation sites (tertiary alicyclic amines) is 1. The molecule has 4 heteroatoms. The summed E-state index contributed by atoms with van der Waals surface area (Å²) in [5, 5.41) is 0. The molecule has 88 valence electrons. The van der Waals surface area contributed by atoms with Gasteiger partial charge < -0.3 is 15.2 Å². The molecular weight excluding hydrogens is 200 g/mol. The summed E-state index contributed by atoms with van der Waals surface area (Å²) in [6.07, 6.45) is 5.54. The van der Waals surface area contributed by atoms with Gasteiger partial charge in [-0.1, -0.05) is 0 Å². The van der Waals surface area contributed by atoms with Gasteiger partial charge in [-0.2, -0.15) is 0 Å². The molecule has 1 saturated heterocycles. The fourth-order valence-corrected chi connectivity index (χ4v) is 2.85. The number of nitrogens with two attached hydrogens (primary N) is 1. The molecular formula is C12H20N4. The molecule has 0 aromatic carbocycles. The minimum absolute atomic E-state index is 0.314. The van der Waals surface area contributed by atoms with Crippen molar-refractivity contribution in [2.45, 2.75) is 37.8 Å². The third-order valence-corrected chi connectivity index (χ3v) is 3.87. The number of aromatic nitrogens is 2. The van der Waals surface area contributed by atoms with Gasteiger partial charge in [-0.25, -0.2) is 4.98 Å². The van der Waals surface area contributed by atoms with E-state index in [-0.39, 0.29) is 0 Å². The maximum Gasteiger partial charge on any atom is 0.110 e. The van der Waals surface area contributed by atoms with Gasteiger partial charge in [0.1, 0.15) is 5.82 Å². The lowest BCUT2D eigenvalue weighted by molar-refractivity contribution is 0.411. The van der Waals surface area contributed by atoms with Gasteiger partial charge >= 0.3 is 0 Å². The van der Waals surface area contributed by atoms with E-state index >= 15 is 0 Å². The van der Waals surface area contributed by atoms with Gasteiger partial charge in [0.2, 0.25) is 0 Å². The highest BCUT2D eigenvalue weighted by Crippen LogP contribution is 2.26. The SMILES string of the molecule is CN1CCC(c2cn3c(n2)CC(N)CC3)C1. The number of imidazole rings is 1. The quantitative estimate of drug-likeness (QED) is 0.753. The minimum atomic E-state index is 0.314. The smallest absolute Gasteiger partial charge is 0.110 e. The van der Waals surface area contributed by atoms with Crippen molar-refractivity contribution in [2.24, 2.45) is 5.73 Å². The van der Waals surface area contributed by atoms with Crippen LogP contribution in [0, 0.1) is 0 Å². The molecule has 0 spiro atoms. The monoisotopic (exact) mass is 220 g/mol. The highest BCUT2D eigenvalue weighted by Gasteiger charge is 2.25. The van der Waals surface area contributed by atoms with Crippen LogP contribution < -0.4 is 5.73 Å². The van der Waals surface area contributed by atoms with Crippen LogP contribution in [-0.4, -0.2) is 40.6 Å². The first-order valence-electron chi connectivity index (χ1n) is 6.22. The molecule has 1 aromatic heterocycles. The maximum absolute atomic E-state index is 5.97. The molecule has 3 heterocycles. The lowest BCUT2D eigenvalue weighted by atomic mass is 10.1. The molecule has 2 atom stereocenters. The molecule has 0 amide bonds. The second kappa shape index (κ2) is 3.86. The van der Waals surface area contributed by atoms with Gasteiger partial charge in [0.05, 0.1) is 5.69 Å². The van der Waals surface area contributed by atoms with Crippen LogP contribution in [0.2, 0.25) is 0 Å². The van der Waals surface area contributed by atoms with Crippen LogP contribution in [0.5, 0.6) is 0 Å². The van der Waals surface area contributed by atoms with Crippen molar-refractivity contribution in [3.8, 4) is 0 Å². The fourth-order valence-electron chi connectivity index (χ4n) is 2.85. The van der Waals surface area contributed by atoms with Crippen molar-refractivity contribution in [3.63, 3.8) is 0 Å². The molecule has 4 nitrogen and oxygen atoms in total. The average Bonchev–Trinajstić information content (AvgIpc) is 2.83. The average molecular weight is 220 g/mol. The second-order valence-corrected chi connectivity index (χ2v) is 5.28. The molecule has 2 unspecified atom stereocenters. The van der Waals surface area contributed by atoms with Crippen LogP contribution in [0.4, 0.5) is 0 Å². The first kappa shape index (κ1) is 10.3. The van der Waals surface area contributed by atoms with E-state index in [9.17, 15) is 0 Å². The van der Waals surface area contributed by atoms with Crippen molar-refractivity contribution in [1.82, 2.24) is 14.5 Å². The van der Waals surface area contributed by atoms with E-state index in [0.29, 0.717) is 12.0 Å². The minimum Gasteiger partial charge on any atom is -0.335 e. The summed E-state index contributed by atoms with van der Waals surface area (Å²) < 4.78 is 2.30. The maximum atomic E-state index is 5.97. The first-order chi connectivity index (χ1) is 7.72. The third-order valence-electron chi connectivity index (χ3n) is 3.87. The Labute approximate surface area is 96.4 Å². The molecule has 1 aromatic rings. The van der Waals surface area contributed by atoms with Crippen LogP contribution in [0.3, 0.4) is 0 Å². The number of rotatable bonds is 1. The number of hydrogen-bond donors (Lipinski definition) is 1. The van der Waals surface area contributed by atoms with Crippen LogP contribution >= 0.6 is 0 Å². The van der Waals surface area contributed by atoms with Crippen LogP contribution in [0.25, 0.3) is 0 Å². The normalized spacial score (nSPS) is 30.6. The second-order valence-electron chi connectivity index (χ2n) is 5.28. The molecule has 0 radical (unpaired) electrons. The molecule has 2 N–H and O–H groups in total. The number of fused-ring (bicyclic) bond motifs is 1. The van der Waals surface area contributed by atoms with Crippen molar-refractivity contribution < 1.29 is 0 Å². The summed E-state index contributed by atoms with van der Waals surface area (Å²) in [6, 6.07) is 0.314. The standard InChI is InChI=1S/C12H20N4/c1-15-4-2-9(7-15)11-8-16-5-3-10(13)6-12(16)14-11/h8-10H,2-7,13H2,1H3. The van der Waals surface area contributed by atoms with Gasteiger partial charge in [-0.3, -0.25) is 0 Å². The highest BCUT2D eigenvalue weighted by molar-refractivity contribution is 5.14. The number of nitrogens with zero attached hydrogens (tertiary/aromatic N) is 3. The number of likely N-dealkylation sites (N-methyl/N-ethyl adjacent to an activating group) is 1. The molecule has 2 aliphatic heterocycles. The summed E-state index contributed by atoms with van der Waals surface area (Å²) in [7, 11) is 2.19. The molecule has 1 fully saturated rings. The number of aryl methyl sites for hydroxylation is 1. The Morgan fingerprint density at radius 3 is 3.00 bits per heavy atom. The predicted molar refractivity (Wildman–Crippen MR) is 63.4 cm³/mol. The summed E-state index contributed by atoms with van der Waals surface area (Å²) in [4.78, 5) is 7.16. The Hall–Kier alpha value is -0.870. The Balaban J connectivity index is 1.82. The van der Waals surface area contributed by atoms with Crippen molar-refractivity contribution in [1.29, 1.82) is 0 Å². The molecule has 0 aliphatic carbocycles. The Kier molecular flexibility index (Phi) is 2.48. The Bertz CT molecular complexity index is 384. The summed E-state index contributed by atoms with van der Waals surface area (Å²) >= 11 is 0. The van der Waals surface area contributed by atoms with Gasteiger partial charge in [-0.05, 0) is 26.4 Å². The lowest BCUT2D eigenvalue weighted by Gasteiger charge is -2.18. The highest BCUT2D eigenvalue weighted by atomic mass is 15.1.